The van der Waals surface area contributed by atoms with Crippen LogP contribution >= 0.6 is 34.3 Å². The molecule has 0 radical (unpaired) electrons. The van der Waals surface area contributed by atoms with Crippen LogP contribution < -0.4 is 5.73 Å². The molecule has 3 heterocycles. The Morgan fingerprint density at radius 1 is 1.57 bits per heavy atom. The standard InChI is InChI=1S/C14H16ClN3OS2/c1-8-4-9(5-16)6-18(8)14(19)10-7-20-13(17-10)11-2-3-12(15)21-11/h2-3,7-9H,4-6,16H2,1H3. The first-order chi connectivity index (χ1) is 10.1. The third kappa shape index (κ3) is 2.99. The second kappa shape index (κ2) is 6.04. The molecule has 1 amide bonds. The van der Waals surface area contributed by atoms with Gasteiger partial charge in [0, 0.05) is 18.0 Å². The number of thiophene rings is 1. The summed E-state index contributed by atoms with van der Waals surface area (Å²) in [4.78, 5) is 19.9. The number of likely N-dealkylation sites (tertiary alicyclic amines) is 1. The van der Waals surface area contributed by atoms with Crippen LogP contribution in [0.25, 0.3) is 9.88 Å². The molecular weight excluding hydrogens is 326 g/mol. The molecule has 2 atom stereocenters. The van der Waals surface area contributed by atoms with Crippen molar-refractivity contribution in [3.8, 4) is 9.88 Å². The van der Waals surface area contributed by atoms with E-state index in [0.717, 1.165) is 27.2 Å². The number of nitrogens with two attached hydrogens (primary N) is 1. The number of hydrogen-bond donors (Lipinski definition) is 1. The summed E-state index contributed by atoms with van der Waals surface area (Å²) in [6.07, 6.45) is 0.972. The fourth-order valence-electron chi connectivity index (χ4n) is 2.66. The molecule has 112 valence electrons. The van der Waals surface area contributed by atoms with E-state index in [-0.39, 0.29) is 11.9 Å². The third-order valence-electron chi connectivity index (χ3n) is 3.76. The molecule has 3 rings (SSSR count). The topological polar surface area (TPSA) is 59.2 Å². The van der Waals surface area contributed by atoms with Crippen molar-refractivity contribution in [2.45, 2.75) is 19.4 Å². The molecule has 7 heteroatoms. The molecule has 1 saturated heterocycles. The van der Waals surface area contributed by atoms with Crippen LogP contribution in [0.3, 0.4) is 0 Å². The zero-order valence-corrected chi connectivity index (χ0v) is 14.0. The van der Waals surface area contributed by atoms with E-state index in [9.17, 15) is 4.79 Å². The van der Waals surface area contributed by atoms with Crippen molar-refractivity contribution in [3.05, 3.63) is 27.5 Å². The Kier molecular flexibility index (Phi) is 4.31. The molecule has 0 saturated carbocycles. The summed E-state index contributed by atoms with van der Waals surface area (Å²) < 4.78 is 0.729. The lowest BCUT2D eigenvalue weighted by Crippen LogP contribution is -2.34. The van der Waals surface area contributed by atoms with Gasteiger partial charge in [0.15, 0.2) is 0 Å². The number of aromatic nitrogens is 1. The van der Waals surface area contributed by atoms with Crippen molar-refractivity contribution in [2.24, 2.45) is 11.7 Å². The van der Waals surface area contributed by atoms with E-state index in [0.29, 0.717) is 18.2 Å². The van der Waals surface area contributed by atoms with E-state index in [1.54, 1.807) is 0 Å². The maximum absolute atomic E-state index is 12.6. The van der Waals surface area contributed by atoms with E-state index in [2.05, 4.69) is 11.9 Å². The van der Waals surface area contributed by atoms with E-state index >= 15 is 0 Å². The van der Waals surface area contributed by atoms with Crippen molar-refractivity contribution >= 4 is 40.2 Å². The van der Waals surface area contributed by atoms with Crippen LogP contribution in [0.15, 0.2) is 17.5 Å². The number of rotatable bonds is 3. The summed E-state index contributed by atoms with van der Waals surface area (Å²) in [5.41, 5.74) is 6.23. The van der Waals surface area contributed by atoms with Crippen molar-refractivity contribution in [2.75, 3.05) is 13.1 Å². The Bertz CT molecular complexity index is 654. The highest BCUT2D eigenvalue weighted by Crippen LogP contribution is 2.33. The van der Waals surface area contributed by atoms with Crippen molar-refractivity contribution in [3.63, 3.8) is 0 Å². The number of amides is 1. The molecule has 0 bridgehead atoms. The normalized spacial score (nSPS) is 22.0. The van der Waals surface area contributed by atoms with Crippen molar-refractivity contribution in [1.29, 1.82) is 0 Å². The van der Waals surface area contributed by atoms with Crippen LogP contribution in [-0.2, 0) is 0 Å². The number of halogens is 1. The Morgan fingerprint density at radius 3 is 3.00 bits per heavy atom. The lowest BCUT2D eigenvalue weighted by molar-refractivity contribution is 0.0738. The minimum atomic E-state index is 0.00334. The van der Waals surface area contributed by atoms with Gasteiger partial charge in [0.1, 0.15) is 10.7 Å². The Hall–Kier alpha value is -0.950. The van der Waals surface area contributed by atoms with Gasteiger partial charge in [0.25, 0.3) is 5.91 Å². The average Bonchev–Trinajstić information content (AvgIpc) is 3.16. The monoisotopic (exact) mass is 341 g/mol. The Morgan fingerprint density at radius 2 is 2.38 bits per heavy atom. The molecule has 0 aromatic carbocycles. The molecule has 4 nitrogen and oxygen atoms in total. The first-order valence-electron chi connectivity index (χ1n) is 6.80. The number of hydrogen-bond acceptors (Lipinski definition) is 5. The lowest BCUT2D eigenvalue weighted by Gasteiger charge is -2.20. The van der Waals surface area contributed by atoms with Gasteiger partial charge < -0.3 is 10.6 Å². The second-order valence-corrected chi connectivity index (χ2v) is 7.86. The minimum absolute atomic E-state index is 0.00334. The summed E-state index contributed by atoms with van der Waals surface area (Å²) >= 11 is 8.90. The van der Waals surface area contributed by atoms with Crippen LogP contribution in [0.2, 0.25) is 4.34 Å². The highest BCUT2D eigenvalue weighted by Gasteiger charge is 2.33. The fourth-order valence-corrected chi connectivity index (χ4v) is 4.57. The van der Waals surface area contributed by atoms with Gasteiger partial charge in [-0.2, -0.15) is 0 Å². The van der Waals surface area contributed by atoms with Crippen molar-refractivity contribution in [1.82, 2.24) is 9.88 Å². The smallest absolute Gasteiger partial charge is 0.273 e. The first kappa shape index (κ1) is 15.0. The van der Waals surface area contributed by atoms with E-state index < -0.39 is 0 Å². The second-order valence-electron chi connectivity index (χ2n) is 5.29. The van der Waals surface area contributed by atoms with Gasteiger partial charge in [-0.3, -0.25) is 4.79 Å². The highest BCUT2D eigenvalue weighted by atomic mass is 35.5. The molecule has 2 aromatic rings. The third-order valence-corrected chi connectivity index (χ3v) is 6.01. The SMILES string of the molecule is CC1CC(CN)CN1C(=O)c1csc(-c2ccc(Cl)s2)n1. The largest absolute Gasteiger partial charge is 0.334 e. The summed E-state index contributed by atoms with van der Waals surface area (Å²) in [5.74, 6) is 0.404. The zero-order chi connectivity index (χ0) is 15.0. The van der Waals surface area contributed by atoms with E-state index in [1.807, 2.05) is 22.4 Å². The number of thiazole rings is 1. The maximum atomic E-state index is 12.6. The summed E-state index contributed by atoms with van der Waals surface area (Å²) in [7, 11) is 0. The van der Waals surface area contributed by atoms with Gasteiger partial charge in [-0.15, -0.1) is 22.7 Å². The van der Waals surface area contributed by atoms with E-state index in [4.69, 9.17) is 17.3 Å². The molecule has 2 unspecified atom stereocenters. The Balaban J connectivity index is 1.78. The zero-order valence-electron chi connectivity index (χ0n) is 11.6. The van der Waals surface area contributed by atoms with Crippen LogP contribution in [0.5, 0.6) is 0 Å². The summed E-state index contributed by atoms with van der Waals surface area (Å²) in [5, 5.41) is 2.67. The molecule has 2 N–H and O–H groups in total. The lowest BCUT2D eigenvalue weighted by atomic mass is 10.1. The molecule has 1 aliphatic rings. The number of carbonyl (C=O) groups excluding carboxylic acids is 1. The molecule has 1 fully saturated rings. The number of carbonyl (C=O) groups is 1. The van der Waals surface area contributed by atoms with Crippen LogP contribution in [0, 0.1) is 5.92 Å². The minimum Gasteiger partial charge on any atom is -0.334 e. The van der Waals surface area contributed by atoms with Gasteiger partial charge in [-0.25, -0.2) is 4.98 Å². The molecule has 0 aliphatic carbocycles. The number of nitrogens with zero attached hydrogens (tertiary/aromatic N) is 2. The first-order valence-corrected chi connectivity index (χ1v) is 8.88. The van der Waals surface area contributed by atoms with Gasteiger partial charge in [0.05, 0.1) is 9.21 Å². The van der Waals surface area contributed by atoms with Crippen LogP contribution in [0.1, 0.15) is 23.8 Å². The predicted octanol–water partition coefficient (Wildman–Crippen LogP) is 3.33. The predicted molar refractivity (Wildman–Crippen MR) is 88.1 cm³/mol. The summed E-state index contributed by atoms with van der Waals surface area (Å²) in [6, 6.07) is 4.01. The molecule has 1 aliphatic heterocycles. The molecule has 2 aromatic heterocycles. The average molecular weight is 342 g/mol. The van der Waals surface area contributed by atoms with Gasteiger partial charge in [0.2, 0.25) is 0 Å². The van der Waals surface area contributed by atoms with Gasteiger partial charge in [-0.1, -0.05) is 11.6 Å². The fraction of sp³-hybridized carbons (Fsp3) is 0.429. The maximum Gasteiger partial charge on any atom is 0.273 e. The molecular formula is C14H16ClN3OS2. The quantitative estimate of drug-likeness (QED) is 0.931. The van der Waals surface area contributed by atoms with Crippen molar-refractivity contribution < 1.29 is 4.79 Å². The molecule has 0 spiro atoms. The molecule has 21 heavy (non-hydrogen) atoms. The summed E-state index contributed by atoms with van der Waals surface area (Å²) in [6.45, 7) is 3.43. The highest BCUT2D eigenvalue weighted by molar-refractivity contribution is 7.23. The Labute approximate surface area is 136 Å². The van der Waals surface area contributed by atoms with Gasteiger partial charge in [-0.05, 0) is 37.9 Å². The van der Waals surface area contributed by atoms with Crippen LogP contribution in [0.4, 0.5) is 0 Å². The van der Waals surface area contributed by atoms with Crippen LogP contribution in [-0.4, -0.2) is 34.9 Å². The van der Waals surface area contributed by atoms with Gasteiger partial charge >= 0.3 is 0 Å². The van der Waals surface area contributed by atoms with E-state index in [1.165, 1.54) is 22.7 Å².